The maximum atomic E-state index is 10.2. The Bertz CT molecular complexity index is 136. The van der Waals surface area contributed by atoms with Crippen molar-refractivity contribution in [2.45, 2.75) is 12.5 Å². The maximum Gasteiger partial charge on any atom is 0.321 e. The van der Waals surface area contributed by atoms with Gasteiger partial charge in [0.15, 0.2) is 0 Å². The molecule has 9 heavy (non-hydrogen) atoms. The smallest absolute Gasteiger partial charge is 0.321 e. The van der Waals surface area contributed by atoms with Crippen molar-refractivity contribution in [3.63, 3.8) is 0 Å². The van der Waals surface area contributed by atoms with E-state index in [0.29, 0.717) is 0 Å². The average molecular weight is 127 g/mol. The van der Waals surface area contributed by atoms with Gasteiger partial charge in [0, 0.05) is 6.42 Å². The molecule has 0 radical (unpaired) electrons. The highest BCUT2D eigenvalue weighted by atomic mass is 16.4. The number of carbonyl (C=O) groups is 1. The van der Waals surface area contributed by atoms with E-state index in [9.17, 15) is 4.79 Å². The third-order valence-corrected chi connectivity index (χ3v) is 0.969. The van der Waals surface area contributed by atoms with Gasteiger partial charge in [-0.3, -0.25) is 4.79 Å². The monoisotopic (exact) mass is 127 g/mol. The van der Waals surface area contributed by atoms with Crippen molar-refractivity contribution in [3.05, 3.63) is 0 Å². The van der Waals surface area contributed by atoms with E-state index in [1.807, 2.05) is 0 Å². The standard InChI is InChI=1S/C6H9NO2/c1-3-4-5(7-2)6(8)9/h1,5,7H,4H2,2H3,(H,8,9). The average Bonchev–Trinajstić information content (AvgIpc) is 1.82. The van der Waals surface area contributed by atoms with Crippen molar-refractivity contribution in [1.29, 1.82) is 0 Å². The van der Waals surface area contributed by atoms with Crippen LogP contribution in [0.25, 0.3) is 0 Å². The number of hydrogen-bond acceptors (Lipinski definition) is 2. The van der Waals surface area contributed by atoms with Gasteiger partial charge in [0.25, 0.3) is 0 Å². The van der Waals surface area contributed by atoms with Crippen molar-refractivity contribution in [1.82, 2.24) is 5.32 Å². The second-order valence-corrected chi connectivity index (χ2v) is 1.59. The van der Waals surface area contributed by atoms with Gasteiger partial charge in [0.05, 0.1) is 0 Å². The summed E-state index contributed by atoms with van der Waals surface area (Å²) < 4.78 is 0. The third kappa shape index (κ3) is 2.73. The summed E-state index contributed by atoms with van der Waals surface area (Å²) >= 11 is 0. The molecule has 0 aromatic carbocycles. The summed E-state index contributed by atoms with van der Waals surface area (Å²) in [6.07, 6.45) is 5.12. The van der Waals surface area contributed by atoms with Crippen LogP contribution in [-0.2, 0) is 4.79 Å². The number of nitrogens with one attached hydrogen (secondary N) is 1. The highest BCUT2D eigenvalue weighted by Gasteiger charge is 2.11. The molecular weight excluding hydrogens is 118 g/mol. The van der Waals surface area contributed by atoms with E-state index in [0.717, 1.165) is 0 Å². The summed E-state index contributed by atoms with van der Waals surface area (Å²) in [5.41, 5.74) is 0. The summed E-state index contributed by atoms with van der Waals surface area (Å²) in [7, 11) is 1.57. The van der Waals surface area contributed by atoms with Gasteiger partial charge in [0.2, 0.25) is 0 Å². The Kier molecular flexibility index (Phi) is 3.49. The molecule has 1 unspecified atom stereocenters. The number of likely N-dealkylation sites (N-methyl/N-ethyl adjacent to an activating group) is 1. The fourth-order valence-corrected chi connectivity index (χ4v) is 0.431. The van der Waals surface area contributed by atoms with Crippen LogP contribution in [0.3, 0.4) is 0 Å². The molecule has 0 heterocycles. The molecule has 2 N–H and O–H groups in total. The van der Waals surface area contributed by atoms with Crippen LogP contribution in [0.2, 0.25) is 0 Å². The van der Waals surface area contributed by atoms with Gasteiger partial charge >= 0.3 is 5.97 Å². The molecule has 0 aromatic rings. The van der Waals surface area contributed by atoms with Crippen molar-refractivity contribution in [2.24, 2.45) is 0 Å². The summed E-state index contributed by atoms with van der Waals surface area (Å²) in [5, 5.41) is 10.9. The lowest BCUT2D eigenvalue weighted by molar-refractivity contribution is -0.139. The van der Waals surface area contributed by atoms with E-state index in [2.05, 4.69) is 11.2 Å². The predicted octanol–water partition coefficient (Wildman–Crippen LogP) is -0.318. The van der Waals surface area contributed by atoms with E-state index in [-0.39, 0.29) is 6.42 Å². The van der Waals surface area contributed by atoms with Crippen molar-refractivity contribution in [3.8, 4) is 12.3 Å². The summed E-state index contributed by atoms with van der Waals surface area (Å²) in [5.74, 6) is 1.35. The first-order chi connectivity index (χ1) is 4.22. The molecule has 0 saturated carbocycles. The minimum atomic E-state index is -0.907. The van der Waals surface area contributed by atoms with E-state index >= 15 is 0 Å². The van der Waals surface area contributed by atoms with E-state index < -0.39 is 12.0 Å². The normalized spacial score (nSPS) is 12.0. The molecule has 0 rings (SSSR count). The number of terminal acetylenes is 1. The molecule has 0 fully saturated rings. The Morgan fingerprint density at radius 2 is 2.56 bits per heavy atom. The van der Waals surface area contributed by atoms with Crippen LogP contribution in [0.1, 0.15) is 6.42 Å². The van der Waals surface area contributed by atoms with Crippen LogP contribution >= 0.6 is 0 Å². The quantitative estimate of drug-likeness (QED) is 0.511. The molecule has 3 nitrogen and oxygen atoms in total. The van der Waals surface area contributed by atoms with Crippen LogP contribution in [-0.4, -0.2) is 24.2 Å². The Morgan fingerprint density at radius 1 is 2.00 bits per heavy atom. The number of aliphatic carboxylic acids is 1. The Balaban J connectivity index is 3.71. The molecule has 0 bridgehead atoms. The molecule has 3 heteroatoms. The van der Waals surface area contributed by atoms with E-state index in [4.69, 9.17) is 11.5 Å². The molecule has 0 aromatic heterocycles. The molecular formula is C6H9NO2. The molecule has 1 atom stereocenters. The summed E-state index contributed by atoms with van der Waals surface area (Å²) in [6.45, 7) is 0. The maximum absolute atomic E-state index is 10.2. The molecule has 0 aliphatic heterocycles. The predicted molar refractivity (Wildman–Crippen MR) is 33.9 cm³/mol. The van der Waals surface area contributed by atoms with Crippen LogP contribution in [0.15, 0.2) is 0 Å². The minimum absolute atomic E-state index is 0.228. The van der Waals surface area contributed by atoms with Gasteiger partial charge in [0.1, 0.15) is 6.04 Å². The largest absolute Gasteiger partial charge is 0.480 e. The van der Waals surface area contributed by atoms with Gasteiger partial charge < -0.3 is 10.4 Å². The third-order valence-electron chi connectivity index (χ3n) is 0.969. The second-order valence-electron chi connectivity index (χ2n) is 1.59. The number of carboxylic acids is 1. The van der Waals surface area contributed by atoms with E-state index in [1.165, 1.54) is 0 Å². The molecule has 0 amide bonds. The lowest BCUT2D eigenvalue weighted by Crippen LogP contribution is -2.33. The first-order valence-corrected chi connectivity index (χ1v) is 2.56. The number of hydrogen-bond donors (Lipinski definition) is 2. The van der Waals surface area contributed by atoms with Gasteiger partial charge in [-0.2, -0.15) is 0 Å². The number of rotatable bonds is 3. The van der Waals surface area contributed by atoms with Crippen LogP contribution in [0.5, 0.6) is 0 Å². The zero-order chi connectivity index (χ0) is 7.28. The van der Waals surface area contributed by atoms with Gasteiger partial charge in [-0.1, -0.05) is 0 Å². The van der Waals surface area contributed by atoms with Crippen molar-refractivity contribution >= 4 is 5.97 Å². The summed E-state index contributed by atoms with van der Waals surface area (Å²) in [4.78, 5) is 10.2. The lowest BCUT2D eigenvalue weighted by atomic mass is 10.2. The zero-order valence-corrected chi connectivity index (χ0v) is 5.22. The Labute approximate surface area is 54.1 Å². The SMILES string of the molecule is C#CCC(NC)C(=O)O. The highest BCUT2D eigenvalue weighted by Crippen LogP contribution is 1.87. The van der Waals surface area contributed by atoms with Gasteiger partial charge in [-0.05, 0) is 7.05 Å². The molecule has 0 spiro atoms. The first-order valence-electron chi connectivity index (χ1n) is 2.56. The van der Waals surface area contributed by atoms with Crippen molar-refractivity contribution in [2.75, 3.05) is 7.05 Å². The van der Waals surface area contributed by atoms with Gasteiger partial charge in [-0.25, -0.2) is 0 Å². The summed E-state index contributed by atoms with van der Waals surface area (Å²) in [6, 6.07) is -0.602. The van der Waals surface area contributed by atoms with Crippen molar-refractivity contribution < 1.29 is 9.90 Å². The fraction of sp³-hybridized carbons (Fsp3) is 0.500. The van der Waals surface area contributed by atoms with Crippen LogP contribution < -0.4 is 5.32 Å². The molecule has 50 valence electrons. The van der Waals surface area contributed by atoms with Gasteiger partial charge in [-0.15, -0.1) is 12.3 Å². The second kappa shape index (κ2) is 3.93. The van der Waals surface area contributed by atoms with E-state index in [1.54, 1.807) is 7.05 Å². The number of carboxylic acid groups (broad SMARTS) is 1. The lowest BCUT2D eigenvalue weighted by Gasteiger charge is -2.04. The first kappa shape index (κ1) is 7.99. The highest BCUT2D eigenvalue weighted by molar-refractivity contribution is 5.73. The van der Waals surface area contributed by atoms with Crippen LogP contribution in [0, 0.1) is 12.3 Å². The van der Waals surface area contributed by atoms with Crippen LogP contribution in [0.4, 0.5) is 0 Å². The zero-order valence-electron chi connectivity index (χ0n) is 5.22. The Hall–Kier alpha value is -1.01. The molecule has 0 aliphatic carbocycles. The minimum Gasteiger partial charge on any atom is -0.480 e. The molecule has 0 saturated heterocycles. The topological polar surface area (TPSA) is 49.3 Å². The fourth-order valence-electron chi connectivity index (χ4n) is 0.431. The Morgan fingerprint density at radius 3 is 2.67 bits per heavy atom. The molecule has 0 aliphatic rings.